The Morgan fingerprint density at radius 1 is 1.19 bits per heavy atom. The van der Waals surface area contributed by atoms with Crippen molar-refractivity contribution in [2.24, 2.45) is 0 Å². The smallest absolute Gasteiger partial charge is 0.232 e. The number of tetrazole rings is 1. The number of hydrogen-bond acceptors (Lipinski definition) is 6. The van der Waals surface area contributed by atoms with E-state index in [0.29, 0.717) is 9.50 Å². The molecule has 26 heavy (non-hydrogen) atoms. The van der Waals surface area contributed by atoms with Crippen LogP contribution >= 0.6 is 39.0 Å². The summed E-state index contributed by atoms with van der Waals surface area (Å²) < 4.78 is 41.7. The van der Waals surface area contributed by atoms with E-state index in [2.05, 4.69) is 36.4 Å². The quantitative estimate of drug-likeness (QED) is 0.523. The molecule has 5 nitrogen and oxygen atoms in total. The summed E-state index contributed by atoms with van der Waals surface area (Å²) >= 11 is 6.14. The van der Waals surface area contributed by atoms with Crippen LogP contribution in [0.4, 0.5) is 13.2 Å². The predicted molar refractivity (Wildman–Crippen MR) is 96.8 cm³/mol. The monoisotopic (exact) mass is 463 g/mol. The first-order valence-corrected chi connectivity index (χ1v) is 9.79. The van der Waals surface area contributed by atoms with Gasteiger partial charge in [0, 0.05) is 5.41 Å². The van der Waals surface area contributed by atoms with Gasteiger partial charge in [0.2, 0.25) is 5.16 Å². The van der Waals surface area contributed by atoms with Gasteiger partial charge in [-0.1, -0.05) is 38.2 Å². The maximum Gasteiger partial charge on any atom is 0.416 e. The Hall–Kier alpha value is -1.46. The predicted octanol–water partition coefficient (Wildman–Crippen LogP) is 5.35. The molecule has 1 aromatic carbocycles. The first-order chi connectivity index (χ1) is 12.1. The van der Waals surface area contributed by atoms with E-state index < -0.39 is 11.7 Å². The van der Waals surface area contributed by atoms with Crippen molar-refractivity contribution >= 4 is 39.0 Å². The molecule has 0 bridgehead atoms. The van der Waals surface area contributed by atoms with Crippen molar-refractivity contribution in [1.29, 1.82) is 0 Å². The topological polar surface area (TPSA) is 56.5 Å². The molecule has 2 heterocycles. The maximum absolute atomic E-state index is 12.9. The molecule has 0 atom stereocenters. The molecule has 11 heteroatoms. The van der Waals surface area contributed by atoms with Crippen LogP contribution in [0.2, 0.25) is 0 Å². The second kappa shape index (κ2) is 6.93. The Morgan fingerprint density at radius 2 is 1.92 bits per heavy atom. The molecular weight excluding hydrogens is 451 g/mol. The van der Waals surface area contributed by atoms with Gasteiger partial charge < -0.3 is 0 Å². The van der Waals surface area contributed by atoms with Crippen molar-refractivity contribution in [2.75, 3.05) is 0 Å². The average Bonchev–Trinajstić information content (AvgIpc) is 3.13. The van der Waals surface area contributed by atoms with Crippen LogP contribution in [0, 0.1) is 0 Å². The van der Waals surface area contributed by atoms with E-state index in [9.17, 15) is 13.2 Å². The minimum Gasteiger partial charge on any atom is -0.232 e. The molecule has 0 saturated carbocycles. The van der Waals surface area contributed by atoms with Crippen LogP contribution in [0.3, 0.4) is 0 Å². The Bertz CT molecular complexity index is 930. The number of benzene rings is 1. The third kappa shape index (κ3) is 4.09. The van der Waals surface area contributed by atoms with Gasteiger partial charge in [-0.25, -0.2) is 4.98 Å². The van der Waals surface area contributed by atoms with Crippen molar-refractivity contribution in [3.8, 4) is 5.69 Å². The van der Waals surface area contributed by atoms with Gasteiger partial charge in [0.15, 0.2) is 4.34 Å². The van der Waals surface area contributed by atoms with Gasteiger partial charge in [-0.2, -0.15) is 17.9 Å². The zero-order chi connectivity index (χ0) is 19.1. The minimum absolute atomic E-state index is 0.138. The molecule has 0 saturated heterocycles. The van der Waals surface area contributed by atoms with Crippen molar-refractivity contribution < 1.29 is 13.2 Å². The molecule has 3 aromatic rings. The fourth-order valence-corrected chi connectivity index (χ4v) is 5.53. The Morgan fingerprint density at radius 3 is 2.54 bits per heavy atom. The Kier molecular flexibility index (Phi) is 5.15. The molecule has 0 spiro atoms. The van der Waals surface area contributed by atoms with Crippen molar-refractivity contribution in [3.05, 3.63) is 39.3 Å². The molecule has 0 aliphatic rings. The standard InChI is InChI=1S/C15H13BrF3N5S2/c1-14(2,3)10-11(16)25-13(20-10)26-12-21-22-23-24(12)9-6-4-5-8(7-9)15(17,18)19/h4-7H,1-3H3. The highest BCUT2D eigenvalue weighted by Crippen LogP contribution is 2.39. The minimum atomic E-state index is -4.43. The van der Waals surface area contributed by atoms with E-state index in [1.165, 1.54) is 39.9 Å². The van der Waals surface area contributed by atoms with Gasteiger partial charge in [-0.05, 0) is 56.3 Å². The molecule has 0 unspecified atom stereocenters. The molecular formula is C15H13BrF3N5S2. The van der Waals surface area contributed by atoms with Crippen LogP contribution in [0.15, 0.2) is 37.5 Å². The lowest BCUT2D eigenvalue weighted by Crippen LogP contribution is -2.12. The van der Waals surface area contributed by atoms with E-state index in [4.69, 9.17) is 0 Å². The van der Waals surface area contributed by atoms with E-state index in [1.54, 1.807) is 0 Å². The SMILES string of the molecule is CC(C)(C)c1nc(Sc2nnnn2-c2cccc(C(F)(F)F)c2)sc1Br. The van der Waals surface area contributed by atoms with Crippen molar-refractivity contribution in [3.63, 3.8) is 0 Å². The molecule has 0 aliphatic heterocycles. The molecule has 0 amide bonds. The van der Waals surface area contributed by atoms with E-state index in [1.807, 2.05) is 20.8 Å². The average molecular weight is 464 g/mol. The summed E-state index contributed by atoms with van der Waals surface area (Å²) in [4.78, 5) is 4.59. The second-order valence-electron chi connectivity index (χ2n) is 6.38. The molecule has 2 aromatic heterocycles. The third-order valence-electron chi connectivity index (χ3n) is 3.31. The number of aromatic nitrogens is 5. The first kappa shape index (κ1) is 19.3. The molecule has 0 fully saturated rings. The number of alkyl halides is 3. The molecule has 138 valence electrons. The lowest BCUT2D eigenvalue weighted by molar-refractivity contribution is -0.137. The molecule has 0 N–H and O–H groups in total. The second-order valence-corrected chi connectivity index (χ2v) is 9.91. The third-order valence-corrected chi connectivity index (χ3v) is 6.02. The zero-order valence-electron chi connectivity index (χ0n) is 13.9. The summed E-state index contributed by atoms with van der Waals surface area (Å²) in [6.45, 7) is 6.15. The van der Waals surface area contributed by atoms with Crippen molar-refractivity contribution in [2.45, 2.75) is 41.9 Å². The van der Waals surface area contributed by atoms with Crippen LogP contribution in [0.5, 0.6) is 0 Å². The summed E-state index contributed by atoms with van der Waals surface area (Å²) in [5, 5.41) is 11.7. The zero-order valence-corrected chi connectivity index (χ0v) is 17.1. The van der Waals surface area contributed by atoms with Gasteiger partial charge in [0.25, 0.3) is 0 Å². The number of rotatable bonds is 3. The molecule has 3 rings (SSSR count). The van der Waals surface area contributed by atoms with Crippen LogP contribution in [-0.2, 0) is 11.6 Å². The van der Waals surface area contributed by atoms with Crippen LogP contribution in [-0.4, -0.2) is 25.2 Å². The molecule has 0 radical (unpaired) electrons. The lowest BCUT2D eigenvalue weighted by Gasteiger charge is -2.15. The summed E-state index contributed by atoms with van der Waals surface area (Å²) in [6, 6.07) is 4.87. The van der Waals surface area contributed by atoms with Crippen LogP contribution in [0.1, 0.15) is 32.0 Å². The highest BCUT2D eigenvalue weighted by Gasteiger charge is 2.31. The van der Waals surface area contributed by atoms with E-state index >= 15 is 0 Å². The Balaban J connectivity index is 1.93. The largest absolute Gasteiger partial charge is 0.416 e. The first-order valence-electron chi connectivity index (χ1n) is 7.36. The highest BCUT2D eigenvalue weighted by molar-refractivity contribution is 9.11. The number of hydrogen-bond donors (Lipinski definition) is 0. The van der Waals surface area contributed by atoms with E-state index in [-0.39, 0.29) is 11.1 Å². The maximum atomic E-state index is 12.9. The van der Waals surface area contributed by atoms with E-state index in [0.717, 1.165) is 21.6 Å². The summed E-state index contributed by atoms with van der Waals surface area (Å²) in [7, 11) is 0. The van der Waals surface area contributed by atoms with Crippen LogP contribution < -0.4 is 0 Å². The fourth-order valence-electron chi connectivity index (χ4n) is 2.09. The van der Waals surface area contributed by atoms with Gasteiger partial charge in [-0.3, -0.25) is 0 Å². The van der Waals surface area contributed by atoms with Gasteiger partial charge in [0.05, 0.1) is 20.7 Å². The van der Waals surface area contributed by atoms with Crippen LogP contribution in [0.25, 0.3) is 5.69 Å². The summed E-state index contributed by atoms with van der Waals surface area (Å²) in [5.41, 5.74) is 0.247. The summed E-state index contributed by atoms with van der Waals surface area (Å²) in [5.74, 6) is 0. The number of nitrogens with zero attached hydrogens (tertiary/aromatic N) is 5. The van der Waals surface area contributed by atoms with Gasteiger partial charge >= 0.3 is 6.18 Å². The van der Waals surface area contributed by atoms with Gasteiger partial charge in [0.1, 0.15) is 0 Å². The lowest BCUT2D eigenvalue weighted by atomic mass is 9.93. The molecule has 0 aliphatic carbocycles. The highest BCUT2D eigenvalue weighted by atomic mass is 79.9. The van der Waals surface area contributed by atoms with Gasteiger partial charge in [-0.15, -0.1) is 5.10 Å². The van der Waals surface area contributed by atoms with Crippen molar-refractivity contribution in [1.82, 2.24) is 25.2 Å². The normalized spacial score (nSPS) is 12.6. The summed E-state index contributed by atoms with van der Waals surface area (Å²) in [6.07, 6.45) is -4.43. The number of halogens is 4. The number of thiazole rings is 1. The fraction of sp³-hybridized carbons (Fsp3) is 0.333. The Labute approximate surface area is 164 Å².